The molecule has 0 fully saturated rings. The Morgan fingerprint density at radius 1 is 1.18 bits per heavy atom. The Balaban J connectivity index is 2.02. The minimum atomic E-state index is -0.374. The topological polar surface area (TPSA) is 38.3 Å². The zero-order chi connectivity index (χ0) is 15.9. The summed E-state index contributed by atoms with van der Waals surface area (Å²) < 4.78 is 18.8. The van der Waals surface area contributed by atoms with Crippen molar-refractivity contribution in [3.63, 3.8) is 0 Å². The standard InChI is InChI=1S/C18H20FNO2/c1-3-4-11-22-16-9-6-14(7-10-16)18(21)20-17-12-15(19)8-5-13(17)2/h5-10,12H,3-4,11H2,1-2H3,(H,20,21). The number of anilines is 1. The third-order valence-corrected chi connectivity index (χ3v) is 3.33. The Morgan fingerprint density at radius 3 is 2.59 bits per heavy atom. The summed E-state index contributed by atoms with van der Waals surface area (Å²) >= 11 is 0. The van der Waals surface area contributed by atoms with Crippen LogP contribution in [-0.2, 0) is 0 Å². The fourth-order valence-corrected chi connectivity index (χ4v) is 1.96. The molecule has 22 heavy (non-hydrogen) atoms. The molecule has 4 heteroatoms. The van der Waals surface area contributed by atoms with Gasteiger partial charge in [0.2, 0.25) is 0 Å². The van der Waals surface area contributed by atoms with Gasteiger partial charge in [0, 0.05) is 11.3 Å². The minimum absolute atomic E-state index is 0.270. The molecule has 0 heterocycles. The van der Waals surface area contributed by atoms with E-state index < -0.39 is 0 Å². The van der Waals surface area contributed by atoms with Crippen molar-refractivity contribution >= 4 is 11.6 Å². The van der Waals surface area contributed by atoms with E-state index in [0.717, 1.165) is 24.2 Å². The molecule has 1 N–H and O–H groups in total. The molecular weight excluding hydrogens is 281 g/mol. The van der Waals surface area contributed by atoms with Crippen molar-refractivity contribution in [2.24, 2.45) is 0 Å². The van der Waals surface area contributed by atoms with Crippen molar-refractivity contribution in [1.82, 2.24) is 0 Å². The Kier molecular flexibility index (Phi) is 5.53. The minimum Gasteiger partial charge on any atom is -0.494 e. The highest BCUT2D eigenvalue weighted by Crippen LogP contribution is 2.18. The lowest BCUT2D eigenvalue weighted by Crippen LogP contribution is -2.12. The monoisotopic (exact) mass is 301 g/mol. The number of unbranched alkanes of at least 4 members (excludes halogenated alkanes) is 1. The van der Waals surface area contributed by atoms with Gasteiger partial charge in [-0.2, -0.15) is 0 Å². The van der Waals surface area contributed by atoms with E-state index >= 15 is 0 Å². The molecule has 2 aromatic carbocycles. The van der Waals surface area contributed by atoms with Gasteiger partial charge in [-0.15, -0.1) is 0 Å². The number of benzene rings is 2. The second kappa shape index (κ2) is 7.59. The van der Waals surface area contributed by atoms with E-state index in [4.69, 9.17) is 4.74 Å². The van der Waals surface area contributed by atoms with E-state index in [1.54, 1.807) is 30.3 Å². The molecule has 0 unspecified atom stereocenters. The Hall–Kier alpha value is -2.36. The fraction of sp³-hybridized carbons (Fsp3) is 0.278. The maximum atomic E-state index is 13.2. The number of ether oxygens (including phenoxy) is 1. The SMILES string of the molecule is CCCCOc1ccc(C(=O)Nc2cc(F)ccc2C)cc1. The molecule has 0 aliphatic rings. The van der Waals surface area contributed by atoms with Crippen LogP contribution >= 0.6 is 0 Å². The van der Waals surface area contributed by atoms with E-state index in [9.17, 15) is 9.18 Å². The predicted molar refractivity (Wildman–Crippen MR) is 85.9 cm³/mol. The van der Waals surface area contributed by atoms with Crippen molar-refractivity contribution in [2.75, 3.05) is 11.9 Å². The first-order valence-corrected chi connectivity index (χ1v) is 7.40. The summed E-state index contributed by atoms with van der Waals surface area (Å²) in [6.45, 7) is 4.59. The van der Waals surface area contributed by atoms with Gasteiger partial charge >= 0.3 is 0 Å². The summed E-state index contributed by atoms with van der Waals surface area (Å²) in [6.07, 6.45) is 2.08. The molecule has 0 saturated heterocycles. The van der Waals surface area contributed by atoms with E-state index in [1.807, 2.05) is 6.92 Å². The summed E-state index contributed by atoms with van der Waals surface area (Å²) in [7, 11) is 0. The van der Waals surface area contributed by atoms with Gasteiger partial charge < -0.3 is 10.1 Å². The second-order valence-corrected chi connectivity index (χ2v) is 5.14. The molecule has 116 valence electrons. The lowest BCUT2D eigenvalue weighted by atomic mass is 10.1. The molecule has 0 aliphatic heterocycles. The maximum Gasteiger partial charge on any atom is 0.255 e. The molecule has 1 amide bonds. The highest BCUT2D eigenvalue weighted by Gasteiger charge is 2.08. The third-order valence-electron chi connectivity index (χ3n) is 3.33. The average Bonchev–Trinajstić information content (AvgIpc) is 2.52. The molecule has 0 spiro atoms. The first kappa shape index (κ1) is 16.0. The van der Waals surface area contributed by atoms with Gasteiger partial charge in [-0.05, 0) is 55.3 Å². The Bertz CT molecular complexity index is 638. The number of amides is 1. The van der Waals surface area contributed by atoms with Crippen molar-refractivity contribution in [1.29, 1.82) is 0 Å². The number of carbonyl (C=O) groups excluding carboxylic acids is 1. The van der Waals surface area contributed by atoms with Crippen molar-refractivity contribution in [2.45, 2.75) is 26.7 Å². The first-order valence-electron chi connectivity index (χ1n) is 7.40. The Labute approximate surface area is 130 Å². The van der Waals surface area contributed by atoms with E-state index in [1.165, 1.54) is 12.1 Å². The largest absolute Gasteiger partial charge is 0.494 e. The van der Waals surface area contributed by atoms with Crippen molar-refractivity contribution in [3.05, 3.63) is 59.4 Å². The molecule has 3 nitrogen and oxygen atoms in total. The smallest absolute Gasteiger partial charge is 0.255 e. The number of hydrogen-bond donors (Lipinski definition) is 1. The maximum absolute atomic E-state index is 13.2. The highest BCUT2D eigenvalue weighted by atomic mass is 19.1. The second-order valence-electron chi connectivity index (χ2n) is 5.14. The van der Waals surface area contributed by atoms with E-state index in [-0.39, 0.29) is 11.7 Å². The fourth-order valence-electron chi connectivity index (χ4n) is 1.96. The Morgan fingerprint density at radius 2 is 1.91 bits per heavy atom. The molecule has 0 atom stereocenters. The van der Waals surface area contributed by atoms with E-state index in [2.05, 4.69) is 12.2 Å². The lowest BCUT2D eigenvalue weighted by Gasteiger charge is -2.09. The van der Waals surface area contributed by atoms with Gasteiger partial charge in [-0.3, -0.25) is 4.79 Å². The molecule has 0 bridgehead atoms. The number of aryl methyl sites for hydroxylation is 1. The summed E-state index contributed by atoms with van der Waals surface area (Å²) in [4.78, 5) is 12.2. The van der Waals surface area contributed by atoms with E-state index in [0.29, 0.717) is 17.9 Å². The van der Waals surface area contributed by atoms with Crippen molar-refractivity contribution < 1.29 is 13.9 Å². The van der Waals surface area contributed by atoms with Gasteiger partial charge in [-0.1, -0.05) is 19.4 Å². The first-order chi connectivity index (χ1) is 10.6. The lowest BCUT2D eigenvalue weighted by molar-refractivity contribution is 0.102. The molecule has 2 aromatic rings. The molecule has 0 aliphatic carbocycles. The third kappa shape index (κ3) is 4.32. The number of halogens is 1. The van der Waals surface area contributed by atoms with Crippen LogP contribution in [-0.4, -0.2) is 12.5 Å². The number of carbonyl (C=O) groups is 1. The van der Waals surface area contributed by atoms with Gasteiger partial charge in [0.1, 0.15) is 11.6 Å². The summed E-state index contributed by atoms with van der Waals surface area (Å²) in [5.41, 5.74) is 1.80. The summed E-state index contributed by atoms with van der Waals surface area (Å²) in [5.74, 6) is 0.0984. The van der Waals surface area contributed by atoms with Crippen LogP contribution in [0, 0.1) is 12.7 Å². The van der Waals surface area contributed by atoms with Gasteiger partial charge in [0.05, 0.1) is 6.61 Å². The number of rotatable bonds is 6. The van der Waals surface area contributed by atoms with Gasteiger partial charge in [0.25, 0.3) is 5.91 Å². The van der Waals surface area contributed by atoms with Crippen LogP contribution in [0.3, 0.4) is 0 Å². The quantitative estimate of drug-likeness (QED) is 0.794. The van der Waals surface area contributed by atoms with Crippen molar-refractivity contribution in [3.8, 4) is 5.75 Å². The van der Waals surface area contributed by atoms with Crippen LogP contribution in [0.2, 0.25) is 0 Å². The summed E-state index contributed by atoms with van der Waals surface area (Å²) in [5, 5.41) is 2.72. The normalized spacial score (nSPS) is 10.3. The van der Waals surface area contributed by atoms with Gasteiger partial charge in [-0.25, -0.2) is 4.39 Å². The van der Waals surface area contributed by atoms with Crippen LogP contribution in [0.4, 0.5) is 10.1 Å². The predicted octanol–water partition coefficient (Wildman–Crippen LogP) is 4.57. The molecule has 0 radical (unpaired) electrons. The summed E-state index contributed by atoms with van der Waals surface area (Å²) in [6, 6.07) is 11.3. The van der Waals surface area contributed by atoms with Crippen LogP contribution in [0.1, 0.15) is 35.7 Å². The molecule has 0 aromatic heterocycles. The van der Waals surface area contributed by atoms with Crippen LogP contribution in [0.25, 0.3) is 0 Å². The zero-order valence-corrected chi connectivity index (χ0v) is 12.9. The van der Waals surface area contributed by atoms with Crippen LogP contribution in [0.15, 0.2) is 42.5 Å². The number of hydrogen-bond acceptors (Lipinski definition) is 2. The van der Waals surface area contributed by atoms with Gasteiger partial charge in [0.15, 0.2) is 0 Å². The number of nitrogens with one attached hydrogen (secondary N) is 1. The molecule has 2 rings (SSSR count). The average molecular weight is 301 g/mol. The highest BCUT2D eigenvalue weighted by molar-refractivity contribution is 6.04. The van der Waals surface area contributed by atoms with Crippen LogP contribution < -0.4 is 10.1 Å². The molecular formula is C18H20FNO2. The molecule has 0 saturated carbocycles. The zero-order valence-electron chi connectivity index (χ0n) is 12.9. The van der Waals surface area contributed by atoms with Crippen LogP contribution in [0.5, 0.6) is 5.75 Å².